The molecule has 1 nitrogen and oxygen atoms in total. The first-order valence-electron chi connectivity index (χ1n) is 21.8. The first-order chi connectivity index (χ1) is 29.7. The molecular formula is C60H47N. The van der Waals surface area contributed by atoms with Gasteiger partial charge >= 0.3 is 0 Å². The van der Waals surface area contributed by atoms with Gasteiger partial charge in [-0.1, -0.05) is 192 Å². The van der Waals surface area contributed by atoms with E-state index >= 15 is 0 Å². The summed E-state index contributed by atoms with van der Waals surface area (Å²) >= 11 is 0. The van der Waals surface area contributed by atoms with E-state index in [4.69, 9.17) is 0 Å². The van der Waals surface area contributed by atoms with Crippen LogP contribution in [-0.4, -0.2) is 0 Å². The standard InChI is InChI=1S/C60H47N/c1-58(2,3)40-28-30-41(31-29-40)61(56-35-27-38-16-6-7-17-43(38)57(56)39-26-33-48-44-18-8-12-22-50(44)59(4,5)55(48)36-39)42-32-34-54-49(37-42)47-21-11-15-25-53(47)60(54)51-23-13-9-19-45(51)46-20-10-14-24-52(46)60/h6-37H,1-5H3. The minimum absolute atomic E-state index is 0.0335. The van der Waals surface area contributed by atoms with Crippen molar-refractivity contribution in [3.8, 4) is 44.5 Å². The van der Waals surface area contributed by atoms with Crippen molar-refractivity contribution in [2.24, 2.45) is 0 Å². The zero-order chi connectivity index (χ0) is 41.3. The fraction of sp³-hybridized carbons (Fsp3) is 0.133. The van der Waals surface area contributed by atoms with Crippen LogP contribution in [0.2, 0.25) is 0 Å². The summed E-state index contributed by atoms with van der Waals surface area (Å²) in [5.41, 5.74) is 22.9. The van der Waals surface area contributed by atoms with Gasteiger partial charge in [0.25, 0.3) is 0 Å². The maximum atomic E-state index is 2.52. The summed E-state index contributed by atoms with van der Waals surface area (Å²) in [7, 11) is 0. The predicted octanol–water partition coefficient (Wildman–Crippen LogP) is 15.9. The van der Waals surface area contributed by atoms with E-state index in [0.29, 0.717) is 0 Å². The van der Waals surface area contributed by atoms with Gasteiger partial charge < -0.3 is 4.90 Å². The molecule has 0 saturated heterocycles. The van der Waals surface area contributed by atoms with Crippen LogP contribution in [0.15, 0.2) is 194 Å². The largest absolute Gasteiger partial charge is 0.310 e. The summed E-state index contributed by atoms with van der Waals surface area (Å²) in [5, 5.41) is 2.48. The van der Waals surface area contributed by atoms with Crippen molar-refractivity contribution in [3.63, 3.8) is 0 Å². The van der Waals surface area contributed by atoms with Crippen molar-refractivity contribution >= 4 is 27.8 Å². The Kier molecular flexibility index (Phi) is 7.53. The van der Waals surface area contributed by atoms with E-state index in [0.717, 1.165) is 17.1 Å². The topological polar surface area (TPSA) is 3.24 Å². The zero-order valence-electron chi connectivity index (χ0n) is 35.4. The Hall–Kier alpha value is -6.96. The van der Waals surface area contributed by atoms with Crippen LogP contribution in [0.25, 0.3) is 55.3 Å². The molecule has 0 unspecified atom stereocenters. The Morgan fingerprint density at radius 1 is 0.393 bits per heavy atom. The van der Waals surface area contributed by atoms with Crippen LogP contribution in [-0.2, 0) is 16.2 Å². The molecule has 0 saturated carbocycles. The molecule has 0 radical (unpaired) electrons. The molecule has 0 heterocycles. The quantitative estimate of drug-likeness (QED) is 0.172. The van der Waals surface area contributed by atoms with Crippen molar-refractivity contribution < 1.29 is 0 Å². The van der Waals surface area contributed by atoms with E-state index in [1.807, 2.05) is 0 Å². The Morgan fingerprint density at radius 2 is 0.902 bits per heavy atom. The molecule has 9 aromatic carbocycles. The fourth-order valence-electron chi connectivity index (χ4n) is 11.4. The lowest BCUT2D eigenvalue weighted by Gasteiger charge is -2.32. The molecule has 0 N–H and O–H groups in total. The second kappa shape index (κ2) is 12.8. The Labute approximate surface area is 359 Å². The van der Waals surface area contributed by atoms with E-state index in [1.165, 1.54) is 94.2 Å². The van der Waals surface area contributed by atoms with Crippen molar-refractivity contribution in [1.82, 2.24) is 0 Å². The highest BCUT2D eigenvalue weighted by atomic mass is 15.1. The number of hydrogen-bond donors (Lipinski definition) is 0. The summed E-state index contributed by atoms with van der Waals surface area (Å²) in [6.45, 7) is 11.6. The van der Waals surface area contributed by atoms with Crippen LogP contribution < -0.4 is 4.90 Å². The van der Waals surface area contributed by atoms with Crippen molar-refractivity contribution in [1.29, 1.82) is 0 Å². The average molecular weight is 782 g/mol. The molecule has 12 rings (SSSR count). The van der Waals surface area contributed by atoms with Crippen LogP contribution in [0, 0.1) is 0 Å². The van der Waals surface area contributed by atoms with Gasteiger partial charge in [0, 0.05) is 22.4 Å². The van der Waals surface area contributed by atoms with Gasteiger partial charge in [0.05, 0.1) is 11.1 Å². The lowest BCUT2D eigenvalue weighted by Crippen LogP contribution is -2.25. The molecule has 0 bridgehead atoms. The van der Waals surface area contributed by atoms with Crippen molar-refractivity contribution in [2.45, 2.75) is 50.9 Å². The maximum Gasteiger partial charge on any atom is 0.0725 e. The highest BCUT2D eigenvalue weighted by Crippen LogP contribution is 2.63. The second-order valence-corrected chi connectivity index (χ2v) is 18.9. The van der Waals surface area contributed by atoms with Gasteiger partial charge in [0.15, 0.2) is 0 Å². The molecule has 1 heteroatoms. The molecule has 3 aliphatic rings. The number of fused-ring (bicyclic) bond motifs is 14. The normalized spacial score (nSPS) is 14.6. The van der Waals surface area contributed by atoms with Crippen LogP contribution in [0.3, 0.4) is 0 Å². The smallest absolute Gasteiger partial charge is 0.0725 e. The highest BCUT2D eigenvalue weighted by molar-refractivity contribution is 6.06. The molecule has 1 spiro atoms. The Balaban J connectivity index is 1.12. The molecule has 0 atom stereocenters. The molecule has 292 valence electrons. The summed E-state index contributed by atoms with van der Waals surface area (Å²) in [6, 6.07) is 73.6. The summed E-state index contributed by atoms with van der Waals surface area (Å²) in [5.74, 6) is 0. The molecule has 0 amide bonds. The van der Waals surface area contributed by atoms with Gasteiger partial charge in [-0.3, -0.25) is 0 Å². The van der Waals surface area contributed by atoms with Gasteiger partial charge in [-0.2, -0.15) is 0 Å². The van der Waals surface area contributed by atoms with E-state index < -0.39 is 0 Å². The van der Waals surface area contributed by atoms with Gasteiger partial charge in [0.1, 0.15) is 0 Å². The third kappa shape index (κ3) is 4.95. The predicted molar refractivity (Wildman–Crippen MR) is 257 cm³/mol. The van der Waals surface area contributed by atoms with Crippen molar-refractivity contribution in [2.75, 3.05) is 4.90 Å². The molecule has 0 fully saturated rings. The highest BCUT2D eigenvalue weighted by Gasteiger charge is 2.51. The molecule has 0 aliphatic heterocycles. The van der Waals surface area contributed by atoms with E-state index in [9.17, 15) is 0 Å². The maximum absolute atomic E-state index is 2.52. The monoisotopic (exact) mass is 781 g/mol. The van der Waals surface area contributed by atoms with E-state index in [1.54, 1.807) is 0 Å². The number of nitrogens with zero attached hydrogens (tertiary/aromatic N) is 1. The third-order valence-corrected chi connectivity index (χ3v) is 14.3. The van der Waals surface area contributed by atoms with Gasteiger partial charge in [-0.15, -0.1) is 0 Å². The Morgan fingerprint density at radius 3 is 1.54 bits per heavy atom. The Bertz CT molecular complexity index is 3220. The minimum Gasteiger partial charge on any atom is -0.310 e. The first kappa shape index (κ1) is 35.9. The van der Waals surface area contributed by atoms with E-state index in [-0.39, 0.29) is 16.2 Å². The first-order valence-corrected chi connectivity index (χ1v) is 21.8. The van der Waals surface area contributed by atoms with Crippen LogP contribution in [0.1, 0.15) is 73.6 Å². The number of hydrogen-bond acceptors (Lipinski definition) is 1. The summed E-state index contributed by atoms with van der Waals surface area (Å²) in [6.07, 6.45) is 0. The van der Waals surface area contributed by atoms with E-state index in [2.05, 4.69) is 234 Å². The van der Waals surface area contributed by atoms with Gasteiger partial charge in [0.2, 0.25) is 0 Å². The summed E-state index contributed by atoms with van der Waals surface area (Å²) < 4.78 is 0. The number of anilines is 3. The van der Waals surface area contributed by atoms with Crippen molar-refractivity contribution in [3.05, 3.63) is 233 Å². The zero-order valence-corrected chi connectivity index (χ0v) is 35.4. The lowest BCUT2D eigenvalue weighted by atomic mass is 9.70. The number of rotatable bonds is 4. The van der Waals surface area contributed by atoms with Crippen LogP contribution in [0.4, 0.5) is 17.1 Å². The summed E-state index contributed by atoms with van der Waals surface area (Å²) in [4.78, 5) is 2.52. The molecule has 3 aliphatic carbocycles. The van der Waals surface area contributed by atoms with Crippen LogP contribution in [0.5, 0.6) is 0 Å². The number of benzene rings is 9. The van der Waals surface area contributed by atoms with Gasteiger partial charge in [-0.05, 0) is 130 Å². The molecule has 9 aromatic rings. The second-order valence-electron chi connectivity index (χ2n) is 18.9. The van der Waals surface area contributed by atoms with Crippen LogP contribution >= 0.6 is 0 Å². The molecule has 61 heavy (non-hydrogen) atoms. The fourth-order valence-corrected chi connectivity index (χ4v) is 11.4. The minimum atomic E-state index is -0.389. The lowest BCUT2D eigenvalue weighted by molar-refractivity contribution is 0.590. The third-order valence-electron chi connectivity index (χ3n) is 14.3. The van der Waals surface area contributed by atoms with Gasteiger partial charge in [-0.25, -0.2) is 0 Å². The average Bonchev–Trinajstić information content (AvgIpc) is 3.84. The SMILES string of the molecule is CC(C)(C)c1ccc(N(c2ccc3c(c2)-c2ccccc2C32c3ccccc3-c3ccccc32)c2ccc3ccccc3c2-c2ccc3c(c2)C(C)(C)c2ccccc2-3)cc1. The molecule has 0 aromatic heterocycles. The molecular weight excluding hydrogens is 735 g/mol.